The van der Waals surface area contributed by atoms with Gasteiger partial charge in [0.15, 0.2) is 6.10 Å². The molecule has 0 aliphatic heterocycles. The van der Waals surface area contributed by atoms with Gasteiger partial charge in [0.1, 0.15) is 11.5 Å². The number of carbonyl (C=O) groups is 1. The maximum Gasteiger partial charge on any atom is 0.261 e. The van der Waals surface area contributed by atoms with Crippen molar-refractivity contribution in [2.45, 2.75) is 58.0 Å². The molecule has 1 unspecified atom stereocenters. The molecular formula is C21H27NO3. The zero-order valence-electron chi connectivity index (χ0n) is 14.9. The first-order chi connectivity index (χ1) is 12.3. The second kappa shape index (κ2) is 8.75. The normalized spacial score (nSPS) is 14.6. The predicted octanol–water partition coefficient (Wildman–Crippen LogP) is 4.06. The molecule has 134 valence electrons. The Kier molecular flexibility index (Phi) is 6.15. The number of ether oxygens (including phenoxy) is 1. The molecule has 1 N–H and O–H groups in total. The third-order valence-electron chi connectivity index (χ3n) is 4.74. The van der Waals surface area contributed by atoms with Crippen molar-refractivity contribution < 1.29 is 13.9 Å². The van der Waals surface area contributed by atoms with Gasteiger partial charge >= 0.3 is 0 Å². The maximum absolute atomic E-state index is 12.4. The van der Waals surface area contributed by atoms with Gasteiger partial charge in [0.2, 0.25) is 0 Å². The van der Waals surface area contributed by atoms with Crippen molar-refractivity contribution in [1.29, 1.82) is 0 Å². The first kappa shape index (κ1) is 17.6. The molecule has 1 aliphatic carbocycles. The Balaban J connectivity index is 1.48. The van der Waals surface area contributed by atoms with Gasteiger partial charge < -0.3 is 14.5 Å². The van der Waals surface area contributed by atoms with E-state index >= 15 is 0 Å². The molecule has 0 saturated heterocycles. The lowest BCUT2D eigenvalue weighted by Crippen LogP contribution is -2.38. The second-order valence-corrected chi connectivity index (χ2v) is 6.63. The van der Waals surface area contributed by atoms with Crippen LogP contribution in [0.2, 0.25) is 0 Å². The van der Waals surface area contributed by atoms with E-state index in [1.807, 2.05) is 25.1 Å². The third kappa shape index (κ3) is 4.88. The van der Waals surface area contributed by atoms with Crippen LogP contribution in [-0.2, 0) is 24.1 Å². The van der Waals surface area contributed by atoms with Gasteiger partial charge in [0.25, 0.3) is 5.91 Å². The molecule has 2 aromatic rings. The van der Waals surface area contributed by atoms with Crippen LogP contribution in [0.5, 0.6) is 5.75 Å². The number of aryl methyl sites for hydroxylation is 3. The molecule has 1 aromatic heterocycles. The summed E-state index contributed by atoms with van der Waals surface area (Å²) in [5.41, 5.74) is 2.80. The van der Waals surface area contributed by atoms with E-state index in [-0.39, 0.29) is 5.91 Å². The smallest absolute Gasteiger partial charge is 0.261 e. The molecule has 0 radical (unpaired) electrons. The highest BCUT2D eigenvalue weighted by molar-refractivity contribution is 5.81. The first-order valence-electron chi connectivity index (χ1n) is 9.35. The van der Waals surface area contributed by atoms with E-state index in [0.29, 0.717) is 13.0 Å². The van der Waals surface area contributed by atoms with Gasteiger partial charge in [0.05, 0.1) is 6.26 Å². The van der Waals surface area contributed by atoms with Crippen LogP contribution in [0, 0.1) is 0 Å². The van der Waals surface area contributed by atoms with Crippen molar-refractivity contribution in [2.75, 3.05) is 6.54 Å². The number of hydrogen-bond acceptors (Lipinski definition) is 3. The summed E-state index contributed by atoms with van der Waals surface area (Å²) in [6, 6.07) is 10.1. The molecule has 1 heterocycles. The highest BCUT2D eigenvalue weighted by atomic mass is 16.5. The van der Waals surface area contributed by atoms with Crippen molar-refractivity contribution in [3.8, 4) is 5.75 Å². The van der Waals surface area contributed by atoms with E-state index in [2.05, 4.69) is 17.4 Å². The molecule has 0 spiro atoms. The highest BCUT2D eigenvalue weighted by Gasteiger charge is 2.19. The van der Waals surface area contributed by atoms with E-state index < -0.39 is 6.10 Å². The van der Waals surface area contributed by atoms with Crippen LogP contribution >= 0.6 is 0 Å². The summed E-state index contributed by atoms with van der Waals surface area (Å²) in [4.78, 5) is 12.4. The van der Waals surface area contributed by atoms with E-state index in [1.54, 1.807) is 6.26 Å². The Hall–Kier alpha value is -2.23. The molecular weight excluding hydrogens is 314 g/mol. The summed E-state index contributed by atoms with van der Waals surface area (Å²) in [5, 5.41) is 2.97. The van der Waals surface area contributed by atoms with Gasteiger partial charge in [-0.1, -0.05) is 13.0 Å². The lowest BCUT2D eigenvalue weighted by atomic mass is 9.92. The zero-order valence-corrected chi connectivity index (χ0v) is 14.9. The summed E-state index contributed by atoms with van der Waals surface area (Å²) in [7, 11) is 0. The zero-order chi connectivity index (χ0) is 17.5. The minimum absolute atomic E-state index is 0.0420. The number of rotatable bonds is 8. The molecule has 1 atom stereocenters. The molecule has 4 nitrogen and oxygen atoms in total. The molecule has 4 heteroatoms. The summed E-state index contributed by atoms with van der Waals surface area (Å²) in [5.74, 6) is 1.71. The standard InChI is InChI=1S/C21H27NO3/c1-2-20(21(23)22-13-5-9-18-10-6-14-24-18)25-19-12-11-16-7-3-4-8-17(16)15-19/h6,10-12,14-15,20H,2-5,7-9,13H2,1H3,(H,22,23). The van der Waals surface area contributed by atoms with Crippen LogP contribution in [0.15, 0.2) is 41.0 Å². The summed E-state index contributed by atoms with van der Waals surface area (Å²) < 4.78 is 11.3. The lowest BCUT2D eigenvalue weighted by Gasteiger charge is -2.20. The van der Waals surface area contributed by atoms with Crippen molar-refractivity contribution >= 4 is 5.91 Å². The molecule has 0 fully saturated rings. The predicted molar refractivity (Wildman–Crippen MR) is 97.8 cm³/mol. The largest absolute Gasteiger partial charge is 0.481 e. The van der Waals surface area contributed by atoms with Gasteiger partial charge in [0, 0.05) is 13.0 Å². The fourth-order valence-electron chi connectivity index (χ4n) is 3.31. The maximum atomic E-state index is 12.4. The second-order valence-electron chi connectivity index (χ2n) is 6.63. The van der Waals surface area contributed by atoms with Gasteiger partial charge in [-0.3, -0.25) is 4.79 Å². The van der Waals surface area contributed by atoms with Gasteiger partial charge in [-0.2, -0.15) is 0 Å². The van der Waals surface area contributed by atoms with Gasteiger partial charge in [-0.15, -0.1) is 0 Å². The average Bonchev–Trinajstić information content (AvgIpc) is 3.16. The van der Waals surface area contributed by atoms with Crippen molar-refractivity contribution in [3.63, 3.8) is 0 Å². The monoisotopic (exact) mass is 341 g/mol. The minimum atomic E-state index is -0.440. The third-order valence-corrected chi connectivity index (χ3v) is 4.74. The van der Waals surface area contributed by atoms with Crippen LogP contribution in [0.3, 0.4) is 0 Å². The van der Waals surface area contributed by atoms with E-state index in [1.165, 1.54) is 24.0 Å². The molecule has 1 amide bonds. The van der Waals surface area contributed by atoms with Gasteiger partial charge in [-0.25, -0.2) is 0 Å². The van der Waals surface area contributed by atoms with Crippen LogP contribution in [0.25, 0.3) is 0 Å². The Morgan fingerprint density at radius 3 is 2.84 bits per heavy atom. The lowest BCUT2D eigenvalue weighted by molar-refractivity contribution is -0.128. The number of fused-ring (bicyclic) bond motifs is 1. The van der Waals surface area contributed by atoms with E-state index in [4.69, 9.17) is 9.15 Å². The topological polar surface area (TPSA) is 51.5 Å². The fraction of sp³-hybridized carbons (Fsp3) is 0.476. The SMILES string of the molecule is CCC(Oc1ccc2c(c1)CCCC2)C(=O)NCCCc1ccco1. The van der Waals surface area contributed by atoms with Crippen LogP contribution in [0.1, 0.15) is 49.5 Å². The van der Waals surface area contributed by atoms with Crippen LogP contribution in [0.4, 0.5) is 0 Å². The molecule has 1 aliphatic rings. The quantitative estimate of drug-likeness (QED) is 0.737. The summed E-state index contributed by atoms with van der Waals surface area (Å²) in [6.07, 6.45) is 8.35. The molecule has 25 heavy (non-hydrogen) atoms. The number of amides is 1. The number of furan rings is 1. The summed E-state index contributed by atoms with van der Waals surface area (Å²) in [6.45, 7) is 2.61. The van der Waals surface area contributed by atoms with E-state index in [0.717, 1.165) is 37.2 Å². The number of nitrogens with one attached hydrogen (secondary N) is 1. The molecule has 0 bridgehead atoms. The number of hydrogen-bond donors (Lipinski definition) is 1. The molecule has 1 aromatic carbocycles. The van der Waals surface area contributed by atoms with Crippen molar-refractivity contribution in [1.82, 2.24) is 5.32 Å². The van der Waals surface area contributed by atoms with Crippen LogP contribution in [-0.4, -0.2) is 18.6 Å². The Morgan fingerprint density at radius 1 is 1.24 bits per heavy atom. The van der Waals surface area contributed by atoms with Crippen molar-refractivity contribution in [2.24, 2.45) is 0 Å². The average molecular weight is 341 g/mol. The Bertz CT molecular complexity index is 678. The van der Waals surface area contributed by atoms with E-state index in [9.17, 15) is 4.79 Å². The van der Waals surface area contributed by atoms with Gasteiger partial charge in [-0.05, 0) is 73.9 Å². The summed E-state index contributed by atoms with van der Waals surface area (Å²) >= 11 is 0. The number of carbonyl (C=O) groups excluding carboxylic acids is 1. The van der Waals surface area contributed by atoms with Crippen LogP contribution < -0.4 is 10.1 Å². The fourth-order valence-corrected chi connectivity index (χ4v) is 3.31. The Labute approximate surface area is 149 Å². The number of benzene rings is 1. The Morgan fingerprint density at radius 2 is 2.08 bits per heavy atom. The highest BCUT2D eigenvalue weighted by Crippen LogP contribution is 2.26. The van der Waals surface area contributed by atoms with Crippen molar-refractivity contribution in [3.05, 3.63) is 53.5 Å². The molecule has 3 rings (SSSR count). The molecule has 0 saturated carbocycles. The first-order valence-corrected chi connectivity index (χ1v) is 9.35. The minimum Gasteiger partial charge on any atom is -0.481 e.